The first-order chi connectivity index (χ1) is 26.9. The summed E-state index contributed by atoms with van der Waals surface area (Å²) >= 11 is 0. The van der Waals surface area contributed by atoms with E-state index in [1.807, 2.05) is 0 Å². The van der Waals surface area contributed by atoms with Gasteiger partial charge < -0.3 is 39.9 Å². The topological polar surface area (TPSA) is 210 Å². The summed E-state index contributed by atoms with van der Waals surface area (Å²) in [5.41, 5.74) is 0. The van der Waals surface area contributed by atoms with Crippen molar-refractivity contribution in [3.63, 3.8) is 0 Å². The minimum atomic E-state index is -5.11. The zero-order valence-electron chi connectivity index (χ0n) is 34.4. The fraction of sp³-hybridized carbons (Fsp3) is 0.857. The Morgan fingerprint density at radius 3 is 1.39 bits per heavy atom. The lowest BCUT2D eigenvalue weighted by Crippen LogP contribution is -2.64. The Hall–Kier alpha value is -1.67. The van der Waals surface area contributed by atoms with Crippen molar-refractivity contribution < 1.29 is 63.1 Å². The molecule has 1 aliphatic rings. The molecule has 14 heteroatoms. The van der Waals surface area contributed by atoms with E-state index in [2.05, 4.69) is 38.2 Å². The SMILES string of the molecule is CCCCC/C=C/CCCCCCCC(=O)OC[C@H](COP(=O)(O)OC1C(O)C(O)C(O)[C@H](O)C1O)OC(=O)CCCCCCCCC/C=C/CCCCCC. The molecule has 13 nitrogen and oxygen atoms in total. The molecule has 0 aromatic heterocycles. The van der Waals surface area contributed by atoms with E-state index in [-0.39, 0.29) is 12.8 Å². The van der Waals surface area contributed by atoms with Crippen molar-refractivity contribution >= 4 is 19.8 Å². The Labute approximate surface area is 336 Å². The van der Waals surface area contributed by atoms with Gasteiger partial charge >= 0.3 is 19.8 Å². The van der Waals surface area contributed by atoms with Crippen LogP contribution in [0.2, 0.25) is 0 Å². The zero-order valence-corrected chi connectivity index (χ0v) is 35.3. The van der Waals surface area contributed by atoms with Crippen LogP contribution in [0.4, 0.5) is 0 Å². The Bertz CT molecular complexity index is 1090. The average Bonchev–Trinajstić information content (AvgIpc) is 3.18. The van der Waals surface area contributed by atoms with Gasteiger partial charge in [0.1, 0.15) is 43.2 Å². The number of carbonyl (C=O) groups excluding carboxylic acids is 2. The number of phosphoric acid groups is 1. The maximum Gasteiger partial charge on any atom is 0.472 e. The largest absolute Gasteiger partial charge is 0.472 e. The minimum absolute atomic E-state index is 0.0913. The van der Waals surface area contributed by atoms with Gasteiger partial charge in [0.25, 0.3) is 0 Å². The third kappa shape index (κ3) is 25.6. The normalized spacial score (nSPS) is 23.1. The number of hydrogen-bond acceptors (Lipinski definition) is 12. The van der Waals surface area contributed by atoms with Gasteiger partial charge in [0, 0.05) is 12.8 Å². The minimum Gasteiger partial charge on any atom is -0.462 e. The van der Waals surface area contributed by atoms with Gasteiger partial charge in [0.05, 0.1) is 6.61 Å². The van der Waals surface area contributed by atoms with Gasteiger partial charge in [-0.05, 0) is 64.2 Å². The van der Waals surface area contributed by atoms with Gasteiger partial charge in [0.15, 0.2) is 6.10 Å². The van der Waals surface area contributed by atoms with Crippen molar-refractivity contribution in [2.75, 3.05) is 13.2 Å². The van der Waals surface area contributed by atoms with Crippen LogP contribution in [-0.2, 0) is 32.7 Å². The number of carbonyl (C=O) groups is 2. The Morgan fingerprint density at radius 2 is 0.911 bits per heavy atom. The summed E-state index contributed by atoms with van der Waals surface area (Å²) in [6, 6.07) is 0. The van der Waals surface area contributed by atoms with E-state index in [9.17, 15) is 44.6 Å². The molecule has 6 unspecified atom stereocenters. The molecular weight excluding hydrogens is 743 g/mol. The highest BCUT2D eigenvalue weighted by molar-refractivity contribution is 7.47. The lowest BCUT2D eigenvalue weighted by Gasteiger charge is -2.41. The molecular formula is C42H77O13P. The van der Waals surface area contributed by atoms with E-state index in [1.165, 1.54) is 57.8 Å². The standard InChI is InChI=1S/C42H77O13P/c1-3-5-7-9-11-13-15-17-18-19-21-23-25-27-29-31-36(44)54-34(32-52-35(43)30-28-26-24-22-20-16-14-12-10-8-6-4-2)33-53-56(50,51)55-42-40(48)38(46)37(45)39(47)41(42)49/h12-15,34,37-42,45-49H,3-11,16-33H2,1-2H3,(H,50,51)/b14-12+,15-13+/t34-,37?,38+,39?,40?,41?,42?/m1/s1. The van der Waals surface area contributed by atoms with Crippen LogP contribution < -0.4 is 0 Å². The highest BCUT2D eigenvalue weighted by atomic mass is 31.2. The molecule has 56 heavy (non-hydrogen) atoms. The first kappa shape index (κ1) is 52.3. The summed E-state index contributed by atoms with van der Waals surface area (Å²) in [6.07, 6.45) is 21.0. The monoisotopic (exact) mass is 821 g/mol. The molecule has 8 atom stereocenters. The predicted molar refractivity (Wildman–Crippen MR) is 217 cm³/mol. The zero-order chi connectivity index (χ0) is 41.4. The van der Waals surface area contributed by atoms with E-state index in [0.29, 0.717) is 12.8 Å². The molecule has 0 bridgehead atoms. The van der Waals surface area contributed by atoms with Gasteiger partial charge in [-0.3, -0.25) is 18.6 Å². The summed E-state index contributed by atoms with van der Waals surface area (Å²) < 4.78 is 33.4. The van der Waals surface area contributed by atoms with E-state index in [1.54, 1.807) is 0 Å². The first-order valence-electron chi connectivity index (χ1n) is 21.6. The molecule has 0 aromatic carbocycles. The molecule has 6 N–H and O–H groups in total. The molecule has 0 saturated heterocycles. The predicted octanol–water partition coefficient (Wildman–Crippen LogP) is 7.67. The summed E-state index contributed by atoms with van der Waals surface area (Å²) in [6.45, 7) is 3.23. The van der Waals surface area contributed by atoms with Gasteiger partial charge in [-0.25, -0.2) is 4.57 Å². The number of allylic oxidation sites excluding steroid dienone is 4. The van der Waals surface area contributed by atoms with Crippen LogP contribution in [0.1, 0.15) is 174 Å². The third-order valence-electron chi connectivity index (χ3n) is 10.0. The van der Waals surface area contributed by atoms with Gasteiger partial charge in [0.2, 0.25) is 0 Å². The summed E-state index contributed by atoms with van der Waals surface area (Å²) in [4.78, 5) is 35.6. The molecule has 0 heterocycles. The summed E-state index contributed by atoms with van der Waals surface area (Å²) in [5, 5.41) is 50.0. The van der Waals surface area contributed by atoms with E-state index < -0.39 is 75.7 Å². The Morgan fingerprint density at radius 1 is 0.536 bits per heavy atom. The number of unbranched alkanes of at least 4 members (excludes halogenated alkanes) is 19. The molecule has 0 aromatic rings. The van der Waals surface area contributed by atoms with Crippen molar-refractivity contribution in [2.24, 2.45) is 0 Å². The molecule has 0 radical (unpaired) electrons. The molecule has 0 amide bonds. The van der Waals surface area contributed by atoms with Crippen molar-refractivity contribution in [1.82, 2.24) is 0 Å². The van der Waals surface area contributed by atoms with Crippen LogP contribution in [0.15, 0.2) is 24.3 Å². The molecule has 1 fully saturated rings. The quantitative estimate of drug-likeness (QED) is 0.0157. The fourth-order valence-electron chi connectivity index (χ4n) is 6.45. The van der Waals surface area contributed by atoms with Crippen molar-refractivity contribution in [3.8, 4) is 0 Å². The first-order valence-corrected chi connectivity index (χ1v) is 23.1. The maximum atomic E-state index is 12.8. The number of hydrogen-bond donors (Lipinski definition) is 6. The summed E-state index contributed by atoms with van der Waals surface area (Å²) in [5.74, 6) is -1.11. The smallest absolute Gasteiger partial charge is 0.462 e. The van der Waals surface area contributed by atoms with E-state index in [0.717, 1.165) is 77.0 Å². The van der Waals surface area contributed by atoms with Crippen LogP contribution >= 0.6 is 7.82 Å². The average molecular weight is 821 g/mol. The molecule has 1 rings (SSSR count). The third-order valence-corrected chi connectivity index (χ3v) is 11.0. The van der Waals surface area contributed by atoms with Crippen LogP contribution in [0.3, 0.4) is 0 Å². The summed E-state index contributed by atoms with van der Waals surface area (Å²) in [7, 11) is -5.11. The number of aliphatic hydroxyl groups is 5. The van der Waals surface area contributed by atoms with Gasteiger partial charge in [-0.15, -0.1) is 0 Å². The van der Waals surface area contributed by atoms with Crippen LogP contribution in [0.25, 0.3) is 0 Å². The lowest BCUT2D eigenvalue weighted by atomic mass is 9.85. The Kier molecular flexibility index (Phi) is 31.0. The van der Waals surface area contributed by atoms with Crippen LogP contribution in [0.5, 0.6) is 0 Å². The second-order valence-corrected chi connectivity index (χ2v) is 16.6. The highest BCUT2D eigenvalue weighted by Crippen LogP contribution is 2.47. The van der Waals surface area contributed by atoms with Crippen LogP contribution in [0, 0.1) is 0 Å². The van der Waals surface area contributed by atoms with E-state index >= 15 is 0 Å². The maximum absolute atomic E-state index is 12.8. The Balaban J connectivity index is 2.50. The molecule has 1 saturated carbocycles. The molecule has 328 valence electrons. The lowest BCUT2D eigenvalue weighted by molar-refractivity contribution is -0.220. The second-order valence-electron chi connectivity index (χ2n) is 15.2. The number of aliphatic hydroxyl groups excluding tert-OH is 5. The number of rotatable bonds is 35. The van der Waals surface area contributed by atoms with Gasteiger partial charge in [-0.1, -0.05) is 122 Å². The van der Waals surface area contributed by atoms with Crippen molar-refractivity contribution in [3.05, 3.63) is 24.3 Å². The van der Waals surface area contributed by atoms with Crippen molar-refractivity contribution in [1.29, 1.82) is 0 Å². The molecule has 0 spiro atoms. The molecule has 0 aliphatic heterocycles. The fourth-order valence-corrected chi connectivity index (χ4v) is 7.42. The number of ether oxygens (including phenoxy) is 2. The number of esters is 2. The highest BCUT2D eigenvalue weighted by Gasteiger charge is 2.51. The molecule has 1 aliphatic carbocycles. The number of phosphoric ester groups is 1. The van der Waals surface area contributed by atoms with Gasteiger partial charge in [-0.2, -0.15) is 0 Å². The van der Waals surface area contributed by atoms with Crippen LogP contribution in [-0.4, -0.2) is 98.3 Å². The van der Waals surface area contributed by atoms with Crippen molar-refractivity contribution in [2.45, 2.75) is 217 Å². The second kappa shape index (κ2) is 33.2. The van der Waals surface area contributed by atoms with E-state index in [4.69, 9.17) is 18.5 Å².